The highest BCUT2D eigenvalue weighted by Gasteiger charge is 2.27. The van der Waals surface area contributed by atoms with Gasteiger partial charge in [0.2, 0.25) is 0 Å². The number of nitrogens with one attached hydrogen (secondary N) is 1. The van der Waals surface area contributed by atoms with Crippen molar-refractivity contribution in [2.45, 2.75) is 19.4 Å². The first-order chi connectivity index (χ1) is 9.72. The van der Waals surface area contributed by atoms with Crippen molar-refractivity contribution in [3.05, 3.63) is 47.0 Å². The van der Waals surface area contributed by atoms with Crippen LogP contribution in [0, 0.1) is 6.92 Å². The number of thiazole rings is 1. The molecule has 3 rings (SSSR count). The monoisotopic (exact) mass is 287 g/mol. The van der Waals surface area contributed by atoms with Gasteiger partial charge < -0.3 is 4.84 Å². The van der Waals surface area contributed by atoms with Crippen LogP contribution in [0.3, 0.4) is 0 Å². The molecule has 0 fully saturated rings. The van der Waals surface area contributed by atoms with E-state index in [1.165, 1.54) is 11.3 Å². The van der Waals surface area contributed by atoms with E-state index in [9.17, 15) is 4.79 Å². The molecule has 102 valence electrons. The quantitative estimate of drug-likeness (QED) is 0.944. The molecule has 1 aromatic heterocycles. The Bertz CT molecular complexity index is 651. The predicted octanol–water partition coefficient (Wildman–Crippen LogP) is 2.91. The zero-order valence-corrected chi connectivity index (χ0v) is 11.7. The highest BCUT2D eigenvalue weighted by molar-refractivity contribution is 7.14. The van der Waals surface area contributed by atoms with Crippen molar-refractivity contribution in [1.82, 2.24) is 4.98 Å². The molecular formula is C14H13N3O2S. The zero-order valence-electron chi connectivity index (χ0n) is 10.9. The number of amides is 1. The molecule has 2 heterocycles. The van der Waals surface area contributed by atoms with Crippen molar-refractivity contribution >= 4 is 28.1 Å². The number of oxime groups is 1. The summed E-state index contributed by atoms with van der Waals surface area (Å²) in [5, 5.41) is 9.08. The number of rotatable bonds is 3. The lowest BCUT2D eigenvalue weighted by Gasteiger charge is -2.07. The maximum absolute atomic E-state index is 12.0. The Morgan fingerprint density at radius 3 is 2.90 bits per heavy atom. The van der Waals surface area contributed by atoms with Crippen LogP contribution < -0.4 is 5.32 Å². The van der Waals surface area contributed by atoms with E-state index in [0.29, 0.717) is 17.3 Å². The van der Waals surface area contributed by atoms with Crippen LogP contribution in [-0.4, -0.2) is 16.6 Å². The molecule has 20 heavy (non-hydrogen) atoms. The van der Waals surface area contributed by atoms with Crippen molar-refractivity contribution in [2.24, 2.45) is 5.16 Å². The molecule has 2 aromatic rings. The lowest BCUT2D eigenvalue weighted by atomic mass is 10.0. The summed E-state index contributed by atoms with van der Waals surface area (Å²) in [6.07, 6.45) is 0.287. The lowest BCUT2D eigenvalue weighted by molar-refractivity contribution is -0.110. The fourth-order valence-corrected chi connectivity index (χ4v) is 2.62. The molecule has 1 aromatic carbocycles. The van der Waals surface area contributed by atoms with Crippen molar-refractivity contribution in [3.8, 4) is 0 Å². The third-order valence-electron chi connectivity index (χ3n) is 2.94. The Morgan fingerprint density at radius 1 is 1.40 bits per heavy atom. The molecule has 1 aliphatic heterocycles. The first kappa shape index (κ1) is 12.8. The third-order valence-corrected chi connectivity index (χ3v) is 3.82. The average molecular weight is 287 g/mol. The smallest absolute Gasteiger partial charge is 0.275 e. The molecule has 0 unspecified atom stereocenters. The number of carbonyl (C=O) groups excluding carboxylic acids is 1. The van der Waals surface area contributed by atoms with Gasteiger partial charge in [-0.25, -0.2) is 4.98 Å². The molecule has 0 radical (unpaired) electrons. The second-order valence-corrected chi connectivity index (χ2v) is 5.35. The van der Waals surface area contributed by atoms with Gasteiger partial charge in [-0.15, -0.1) is 11.3 Å². The van der Waals surface area contributed by atoms with Gasteiger partial charge in [0, 0.05) is 11.8 Å². The summed E-state index contributed by atoms with van der Waals surface area (Å²) in [6.45, 7) is 1.88. The van der Waals surface area contributed by atoms with Gasteiger partial charge in [0.1, 0.15) is 5.71 Å². The summed E-state index contributed by atoms with van der Waals surface area (Å²) in [4.78, 5) is 21.6. The molecule has 0 saturated heterocycles. The van der Waals surface area contributed by atoms with Gasteiger partial charge in [0.25, 0.3) is 5.91 Å². The summed E-state index contributed by atoms with van der Waals surface area (Å²) < 4.78 is 0. The molecular weight excluding hydrogens is 274 g/mol. The molecule has 0 spiro atoms. The number of aryl methyl sites for hydroxylation is 1. The molecule has 1 N–H and O–H groups in total. The van der Waals surface area contributed by atoms with Crippen LogP contribution in [0.2, 0.25) is 0 Å². The van der Waals surface area contributed by atoms with Gasteiger partial charge in [-0.3, -0.25) is 10.1 Å². The summed E-state index contributed by atoms with van der Waals surface area (Å²) in [7, 11) is 0. The molecule has 0 aliphatic carbocycles. The maximum atomic E-state index is 12.0. The first-order valence-electron chi connectivity index (χ1n) is 6.23. The van der Waals surface area contributed by atoms with Gasteiger partial charge in [-0.2, -0.15) is 0 Å². The third kappa shape index (κ3) is 2.70. The maximum Gasteiger partial charge on any atom is 0.275 e. The summed E-state index contributed by atoms with van der Waals surface area (Å²) in [5.74, 6) is -0.252. The van der Waals surface area contributed by atoms with Gasteiger partial charge >= 0.3 is 0 Å². The molecule has 0 saturated carbocycles. The summed E-state index contributed by atoms with van der Waals surface area (Å²) >= 11 is 1.39. The van der Waals surface area contributed by atoms with Crippen LogP contribution in [0.5, 0.6) is 0 Å². The molecule has 1 aliphatic rings. The normalized spacial score (nSPS) is 17.4. The fourth-order valence-electron chi connectivity index (χ4n) is 1.94. The largest absolute Gasteiger partial charge is 0.387 e. The van der Waals surface area contributed by atoms with Gasteiger partial charge in [0.15, 0.2) is 11.2 Å². The van der Waals surface area contributed by atoms with Crippen LogP contribution in [-0.2, 0) is 9.63 Å². The van der Waals surface area contributed by atoms with Crippen LogP contribution in [0.4, 0.5) is 5.13 Å². The van der Waals surface area contributed by atoms with Crippen molar-refractivity contribution in [3.63, 3.8) is 0 Å². The van der Waals surface area contributed by atoms with E-state index in [0.717, 1.165) is 11.3 Å². The van der Waals surface area contributed by atoms with Gasteiger partial charge in [-0.1, -0.05) is 35.5 Å². The number of anilines is 1. The minimum Gasteiger partial charge on any atom is -0.387 e. The molecule has 5 nitrogen and oxygen atoms in total. The predicted molar refractivity (Wildman–Crippen MR) is 77.8 cm³/mol. The molecule has 1 atom stereocenters. The van der Waals surface area contributed by atoms with E-state index in [1.807, 2.05) is 42.6 Å². The highest BCUT2D eigenvalue weighted by Crippen LogP contribution is 2.27. The Morgan fingerprint density at radius 2 is 2.20 bits per heavy atom. The Balaban J connectivity index is 1.63. The van der Waals surface area contributed by atoms with E-state index in [4.69, 9.17) is 4.84 Å². The standard InChI is InChI=1S/C14H13N3O2S/c1-9-8-20-14(15-9)16-13(18)11-7-12(19-17-11)10-5-3-2-4-6-10/h2-6,8,12H,7H2,1H3,(H,15,16,18)/t12-/m1/s1. The minimum atomic E-state index is -0.252. The summed E-state index contributed by atoms with van der Waals surface area (Å²) in [5.41, 5.74) is 2.30. The van der Waals surface area contributed by atoms with Crippen molar-refractivity contribution < 1.29 is 9.63 Å². The van der Waals surface area contributed by atoms with E-state index in [-0.39, 0.29) is 12.0 Å². The summed E-state index contributed by atoms with van der Waals surface area (Å²) in [6, 6.07) is 9.75. The van der Waals surface area contributed by atoms with E-state index >= 15 is 0 Å². The number of nitrogens with zero attached hydrogens (tertiary/aromatic N) is 2. The van der Waals surface area contributed by atoms with E-state index in [2.05, 4.69) is 15.5 Å². The minimum absolute atomic E-state index is 0.185. The first-order valence-corrected chi connectivity index (χ1v) is 7.11. The van der Waals surface area contributed by atoms with E-state index < -0.39 is 0 Å². The molecule has 0 bridgehead atoms. The fraction of sp³-hybridized carbons (Fsp3) is 0.214. The van der Waals surface area contributed by atoms with Gasteiger partial charge in [-0.05, 0) is 12.5 Å². The Labute approximate surface area is 120 Å². The average Bonchev–Trinajstić information content (AvgIpc) is 3.09. The molecule has 1 amide bonds. The molecule has 6 heteroatoms. The topological polar surface area (TPSA) is 63.6 Å². The SMILES string of the molecule is Cc1csc(NC(=O)C2=NO[C@@H](c3ccccc3)C2)n1. The lowest BCUT2D eigenvalue weighted by Crippen LogP contribution is -2.21. The van der Waals surface area contributed by atoms with Crippen LogP contribution >= 0.6 is 11.3 Å². The van der Waals surface area contributed by atoms with Gasteiger partial charge in [0.05, 0.1) is 5.69 Å². The number of benzene rings is 1. The second-order valence-electron chi connectivity index (χ2n) is 4.50. The van der Waals surface area contributed by atoms with Crippen LogP contribution in [0.1, 0.15) is 23.8 Å². The number of carbonyl (C=O) groups is 1. The van der Waals surface area contributed by atoms with Crippen LogP contribution in [0.15, 0.2) is 40.9 Å². The highest BCUT2D eigenvalue weighted by atomic mass is 32.1. The zero-order chi connectivity index (χ0) is 13.9. The van der Waals surface area contributed by atoms with Crippen LogP contribution in [0.25, 0.3) is 0 Å². The van der Waals surface area contributed by atoms with Crippen molar-refractivity contribution in [2.75, 3.05) is 5.32 Å². The van der Waals surface area contributed by atoms with Crippen molar-refractivity contribution in [1.29, 1.82) is 0 Å². The number of hydrogen-bond donors (Lipinski definition) is 1. The Kier molecular flexibility index (Phi) is 3.47. The van der Waals surface area contributed by atoms with E-state index in [1.54, 1.807) is 0 Å². The number of hydrogen-bond acceptors (Lipinski definition) is 5. The number of aromatic nitrogens is 1. The second kappa shape index (κ2) is 5.42. The Hall–Kier alpha value is -2.21.